The lowest BCUT2D eigenvalue weighted by Crippen LogP contribution is -2.58. The standard InChI is InChI=1S/C13H23N5O2/c1-4-6-16(11-8-14-9-11)13-12(18(19)20)10(3)15-17(13)7-5-2/h11,14H,4-9H2,1-3H3. The van der Waals surface area contributed by atoms with E-state index in [1.54, 1.807) is 11.6 Å². The molecule has 0 bridgehead atoms. The minimum absolute atomic E-state index is 0.166. The molecule has 2 heterocycles. The van der Waals surface area contributed by atoms with Crippen LogP contribution in [0.2, 0.25) is 0 Å². The molecule has 0 amide bonds. The molecule has 0 atom stereocenters. The van der Waals surface area contributed by atoms with Gasteiger partial charge in [-0.3, -0.25) is 10.1 Å². The third-order valence-electron chi connectivity index (χ3n) is 3.62. The maximum Gasteiger partial charge on any atom is 0.333 e. The minimum atomic E-state index is -0.293. The van der Waals surface area contributed by atoms with Crippen LogP contribution in [0.5, 0.6) is 0 Å². The van der Waals surface area contributed by atoms with Gasteiger partial charge in [-0.25, -0.2) is 4.68 Å². The van der Waals surface area contributed by atoms with Crippen LogP contribution in [0.1, 0.15) is 32.4 Å². The quantitative estimate of drug-likeness (QED) is 0.608. The molecule has 1 N–H and O–H groups in total. The van der Waals surface area contributed by atoms with Crippen molar-refractivity contribution in [1.82, 2.24) is 15.1 Å². The molecule has 1 aromatic rings. The van der Waals surface area contributed by atoms with E-state index < -0.39 is 0 Å². The summed E-state index contributed by atoms with van der Waals surface area (Å²) in [5.41, 5.74) is 0.672. The first-order chi connectivity index (χ1) is 9.60. The lowest BCUT2D eigenvalue weighted by molar-refractivity contribution is -0.384. The summed E-state index contributed by atoms with van der Waals surface area (Å²) in [6.07, 6.45) is 1.87. The van der Waals surface area contributed by atoms with E-state index in [9.17, 15) is 10.1 Å². The van der Waals surface area contributed by atoms with Crippen LogP contribution in [0.15, 0.2) is 0 Å². The van der Waals surface area contributed by atoms with Crippen LogP contribution in [-0.2, 0) is 6.54 Å². The van der Waals surface area contributed by atoms with Crippen LogP contribution in [-0.4, -0.2) is 40.4 Å². The Morgan fingerprint density at radius 3 is 2.60 bits per heavy atom. The van der Waals surface area contributed by atoms with Crippen molar-refractivity contribution < 1.29 is 4.92 Å². The van der Waals surface area contributed by atoms with Gasteiger partial charge in [0.2, 0.25) is 5.82 Å². The lowest BCUT2D eigenvalue weighted by atomic mass is 10.1. The predicted octanol–water partition coefficient (Wildman–Crippen LogP) is 1.70. The maximum absolute atomic E-state index is 11.4. The zero-order valence-electron chi connectivity index (χ0n) is 12.4. The Kier molecular flexibility index (Phi) is 4.59. The fourth-order valence-electron chi connectivity index (χ4n) is 2.62. The Morgan fingerprint density at radius 1 is 1.45 bits per heavy atom. The summed E-state index contributed by atoms with van der Waals surface area (Å²) < 4.78 is 1.81. The van der Waals surface area contributed by atoms with E-state index in [1.807, 2.05) is 0 Å². The normalized spacial score (nSPS) is 15.2. The smallest absolute Gasteiger partial charge is 0.333 e. The highest BCUT2D eigenvalue weighted by Gasteiger charge is 2.34. The van der Waals surface area contributed by atoms with E-state index in [0.29, 0.717) is 24.1 Å². The summed E-state index contributed by atoms with van der Waals surface area (Å²) in [6.45, 7) is 9.17. The molecule has 0 radical (unpaired) electrons. The fraction of sp³-hybridized carbons (Fsp3) is 0.769. The third kappa shape index (κ3) is 2.63. The highest BCUT2D eigenvalue weighted by atomic mass is 16.6. The van der Waals surface area contributed by atoms with Crippen molar-refractivity contribution in [3.63, 3.8) is 0 Å². The van der Waals surface area contributed by atoms with Crippen LogP contribution in [0.25, 0.3) is 0 Å². The average Bonchev–Trinajstić information content (AvgIpc) is 2.63. The number of aryl methyl sites for hydroxylation is 2. The first kappa shape index (κ1) is 14.8. The number of nitrogens with one attached hydrogen (secondary N) is 1. The number of aromatic nitrogens is 2. The third-order valence-corrected chi connectivity index (χ3v) is 3.62. The van der Waals surface area contributed by atoms with Gasteiger partial charge in [0.05, 0.1) is 11.0 Å². The van der Waals surface area contributed by atoms with Gasteiger partial charge in [-0.05, 0) is 19.8 Å². The number of hydrogen-bond acceptors (Lipinski definition) is 5. The minimum Gasteiger partial charge on any atom is -0.346 e. The van der Waals surface area contributed by atoms with Crippen molar-refractivity contribution in [2.75, 3.05) is 24.5 Å². The molecule has 1 saturated heterocycles. The molecule has 20 heavy (non-hydrogen) atoms. The molecule has 0 unspecified atom stereocenters. The van der Waals surface area contributed by atoms with Crippen molar-refractivity contribution in [2.45, 2.75) is 46.2 Å². The van der Waals surface area contributed by atoms with Crippen LogP contribution in [0.4, 0.5) is 11.5 Å². The van der Waals surface area contributed by atoms with E-state index >= 15 is 0 Å². The van der Waals surface area contributed by atoms with Crippen LogP contribution in [0, 0.1) is 17.0 Å². The van der Waals surface area contributed by atoms with Gasteiger partial charge in [0, 0.05) is 26.2 Å². The predicted molar refractivity (Wildman–Crippen MR) is 78.2 cm³/mol. The molecule has 2 rings (SSSR count). The highest BCUT2D eigenvalue weighted by Crippen LogP contribution is 2.33. The highest BCUT2D eigenvalue weighted by molar-refractivity contribution is 5.62. The number of nitrogens with zero attached hydrogens (tertiary/aromatic N) is 4. The van der Waals surface area contributed by atoms with Crippen molar-refractivity contribution >= 4 is 11.5 Å². The van der Waals surface area contributed by atoms with E-state index in [4.69, 9.17) is 0 Å². The van der Waals surface area contributed by atoms with Crippen molar-refractivity contribution in [3.05, 3.63) is 15.8 Å². The summed E-state index contributed by atoms with van der Waals surface area (Å²) in [7, 11) is 0. The molecule has 1 aromatic heterocycles. The SMILES string of the molecule is CCCN(c1c([N+](=O)[O-])c(C)nn1CCC)C1CNC1. The van der Waals surface area contributed by atoms with E-state index in [2.05, 4.69) is 29.2 Å². The molecule has 0 spiro atoms. The molecule has 7 heteroatoms. The summed E-state index contributed by atoms with van der Waals surface area (Å²) in [4.78, 5) is 13.3. The molecular weight excluding hydrogens is 258 g/mol. The summed E-state index contributed by atoms with van der Waals surface area (Å²) in [5, 5.41) is 19.0. The monoisotopic (exact) mass is 281 g/mol. The number of rotatable bonds is 7. The van der Waals surface area contributed by atoms with Crippen LogP contribution >= 0.6 is 0 Å². The Labute approximate surface area is 119 Å². The Morgan fingerprint density at radius 2 is 2.15 bits per heavy atom. The summed E-state index contributed by atoms with van der Waals surface area (Å²) >= 11 is 0. The molecule has 1 aliphatic heterocycles. The number of anilines is 1. The largest absolute Gasteiger partial charge is 0.346 e. The molecule has 7 nitrogen and oxygen atoms in total. The molecule has 0 saturated carbocycles. The Bertz CT molecular complexity index is 481. The topological polar surface area (TPSA) is 76.2 Å². The first-order valence-electron chi connectivity index (χ1n) is 7.29. The van der Waals surface area contributed by atoms with Gasteiger partial charge in [-0.1, -0.05) is 13.8 Å². The lowest BCUT2D eigenvalue weighted by Gasteiger charge is -2.39. The average molecular weight is 281 g/mol. The summed E-state index contributed by atoms with van der Waals surface area (Å²) in [6, 6.07) is 0.334. The van der Waals surface area contributed by atoms with Crippen molar-refractivity contribution in [3.8, 4) is 0 Å². The van der Waals surface area contributed by atoms with Gasteiger partial charge >= 0.3 is 5.69 Å². The molecular formula is C13H23N5O2. The molecule has 0 aromatic carbocycles. The maximum atomic E-state index is 11.4. The second-order valence-electron chi connectivity index (χ2n) is 5.24. The fourth-order valence-corrected chi connectivity index (χ4v) is 2.62. The first-order valence-corrected chi connectivity index (χ1v) is 7.29. The van der Waals surface area contributed by atoms with Crippen molar-refractivity contribution in [1.29, 1.82) is 0 Å². The number of hydrogen-bond donors (Lipinski definition) is 1. The molecule has 0 aliphatic carbocycles. The van der Waals surface area contributed by atoms with E-state index in [1.165, 1.54) is 0 Å². The second kappa shape index (κ2) is 6.21. The van der Waals surface area contributed by atoms with E-state index in [0.717, 1.165) is 32.5 Å². The van der Waals surface area contributed by atoms with Crippen LogP contribution < -0.4 is 10.2 Å². The zero-order chi connectivity index (χ0) is 14.7. The van der Waals surface area contributed by atoms with Gasteiger partial charge < -0.3 is 10.2 Å². The molecule has 112 valence electrons. The van der Waals surface area contributed by atoms with Gasteiger partial charge in [-0.2, -0.15) is 5.10 Å². The van der Waals surface area contributed by atoms with E-state index in [-0.39, 0.29) is 10.6 Å². The van der Waals surface area contributed by atoms with Gasteiger partial charge in [0.1, 0.15) is 5.69 Å². The van der Waals surface area contributed by atoms with Crippen LogP contribution in [0.3, 0.4) is 0 Å². The second-order valence-corrected chi connectivity index (χ2v) is 5.24. The Hall–Kier alpha value is -1.63. The molecule has 1 aliphatic rings. The van der Waals surface area contributed by atoms with Crippen molar-refractivity contribution in [2.24, 2.45) is 0 Å². The van der Waals surface area contributed by atoms with Gasteiger partial charge in [-0.15, -0.1) is 0 Å². The Balaban J connectivity index is 2.45. The van der Waals surface area contributed by atoms with Gasteiger partial charge in [0.15, 0.2) is 0 Å². The number of nitro groups is 1. The van der Waals surface area contributed by atoms with Gasteiger partial charge in [0.25, 0.3) is 0 Å². The molecule has 1 fully saturated rings. The summed E-state index contributed by atoms with van der Waals surface area (Å²) in [5.74, 6) is 0.683. The zero-order valence-corrected chi connectivity index (χ0v) is 12.4.